The highest BCUT2D eigenvalue weighted by atomic mass is 16.5. The van der Waals surface area contributed by atoms with Crippen molar-refractivity contribution in [3.05, 3.63) is 47.9 Å². The first kappa shape index (κ1) is 12.8. The second kappa shape index (κ2) is 5.41. The van der Waals surface area contributed by atoms with Gasteiger partial charge in [0.2, 0.25) is 0 Å². The minimum absolute atomic E-state index is 0.278. The predicted octanol–water partition coefficient (Wildman–Crippen LogP) is 3.20. The molecule has 102 valence electrons. The molecule has 0 atom stereocenters. The lowest BCUT2D eigenvalue weighted by atomic mass is 10.1. The Morgan fingerprint density at radius 1 is 1.35 bits per heavy atom. The Morgan fingerprint density at radius 3 is 2.85 bits per heavy atom. The molecule has 3 rings (SSSR count). The van der Waals surface area contributed by atoms with Gasteiger partial charge in [0, 0.05) is 23.9 Å². The zero-order chi connectivity index (χ0) is 13.9. The summed E-state index contributed by atoms with van der Waals surface area (Å²) < 4.78 is 5.10. The molecule has 2 aromatic heterocycles. The Bertz CT molecular complexity index is 622. The molecule has 0 amide bonds. The number of aromatic nitrogens is 2. The molecule has 4 nitrogen and oxygen atoms in total. The molecule has 2 aromatic rings. The predicted molar refractivity (Wildman–Crippen MR) is 75.4 cm³/mol. The van der Waals surface area contributed by atoms with E-state index in [9.17, 15) is 4.79 Å². The van der Waals surface area contributed by atoms with E-state index >= 15 is 0 Å². The van der Waals surface area contributed by atoms with Crippen LogP contribution in [0.2, 0.25) is 0 Å². The lowest BCUT2D eigenvalue weighted by Crippen LogP contribution is -2.09. The normalized spacial score (nSPS) is 14.1. The standard InChI is InChI=1S/C16H16N2O2/c1-2-20-16(19)13-7-8-14(12-4-3-9-17-10-12)18-15(13)11-5-6-11/h3-4,7-11H,2,5-6H2,1H3. The number of rotatable bonds is 4. The highest BCUT2D eigenvalue weighted by Gasteiger charge is 2.30. The van der Waals surface area contributed by atoms with Gasteiger partial charge < -0.3 is 4.74 Å². The van der Waals surface area contributed by atoms with E-state index in [1.54, 1.807) is 12.4 Å². The van der Waals surface area contributed by atoms with Crippen LogP contribution in [-0.4, -0.2) is 22.5 Å². The third-order valence-corrected chi connectivity index (χ3v) is 3.34. The van der Waals surface area contributed by atoms with E-state index in [0.717, 1.165) is 29.8 Å². The average Bonchev–Trinajstić information content (AvgIpc) is 3.32. The van der Waals surface area contributed by atoms with Crippen molar-refractivity contribution in [3.63, 3.8) is 0 Å². The van der Waals surface area contributed by atoms with Gasteiger partial charge >= 0.3 is 5.97 Å². The number of hydrogen-bond acceptors (Lipinski definition) is 4. The summed E-state index contributed by atoms with van der Waals surface area (Å²) >= 11 is 0. The smallest absolute Gasteiger partial charge is 0.339 e. The molecule has 20 heavy (non-hydrogen) atoms. The Hall–Kier alpha value is -2.23. The summed E-state index contributed by atoms with van der Waals surface area (Å²) in [6.45, 7) is 2.19. The number of ether oxygens (including phenoxy) is 1. The number of carbonyl (C=O) groups excluding carboxylic acids is 1. The van der Waals surface area contributed by atoms with E-state index in [2.05, 4.69) is 9.97 Å². The molecule has 0 saturated heterocycles. The van der Waals surface area contributed by atoms with Gasteiger partial charge in [0.05, 0.1) is 23.6 Å². The largest absolute Gasteiger partial charge is 0.462 e. The molecule has 0 radical (unpaired) electrons. The summed E-state index contributed by atoms with van der Waals surface area (Å²) in [7, 11) is 0. The van der Waals surface area contributed by atoms with Crippen LogP contribution in [0.5, 0.6) is 0 Å². The number of nitrogens with zero attached hydrogens (tertiary/aromatic N) is 2. The molecule has 0 spiro atoms. The number of pyridine rings is 2. The van der Waals surface area contributed by atoms with Crippen LogP contribution < -0.4 is 0 Å². The SMILES string of the molecule is CCOC(=O)c1ccc(-c2cccnc2)nc1C1CC1. The zero-order valence-electron chi connectivity index (χ0n) is 11.4. The van der Waals surface area contributed by atoms with Crippen LogP contribution in [0.4, 0.5) is 0 Å². The lowest BCUT2D eigenvalue weighted by Gasteiger charge is -2.09. The maximum Gasteiger partial charge on any atom is 0.339 e. The fourth-order valence-electron chi connectivity index (χ4n) is 2.20. The maximum atomic E-state index is 12.0. The van der Waals surface area contributed by atoms with Gasteiger partial charge in [-0.25, -0.2) is 4.79 Å². The van der Waals surface area contributed by atoms with Crippen LogP contribution in [0.25, 0.3) is 11.3 Å². The molecule has 1 saturated carbocycles. The topological polar surface area (TPSA) is 52.1 Å². The van der Waals surface area contributed by atoms with Crippen molar-refractivity contribution >= 4 is 5.97 Å². The van der Waals surface area contributed by atoms with Crippen molar-refractivity contribution in [3.8, 4) is 11.3 Å². The van der Waals surface area contributed by atoms with Gasteiger partial charge in [-0.15, -0.1) is 0 Å². The Kier molecular flexibility index (Phi) is 3.46. The van der Waals surface area contributed by atoms with Crippen molar-refractivity contribution in [2.45, 2.75) is 25.7 Å². The molecule has 0 N–H and O–H groups in total. The molecule has 2 heterocycles. The molecule has 0 aliphatic heterocycles. The first-order valence-electron chi connectivity index (χ1n) is 6.88. The summed E-state index contributed by atoms with van der Waals surface area (Å²) in [6, 6.07) is 7.53. The number of hydrogen-bond donors (Lipinski definition) is 0. The van der Waals surface area contributed by atoms with Crippen LogP contribution in [0, 0.1) is 0 Å². The van der Waals surface area contributed by atoms with Gasteiger partial charge in [-0.1, -0.05) is 0 Å². The summed E-state index contributed by atoms with van der Waals surface area (Å²) in [5.74, 6) is 0.116. The minimum Gasteiger partial charge on any atom is -0.462 e. The molecule has 1 fully saturated rings. The molecule has 4 heteroatoms. The first-order chi connectivity index (χ1) is 9.79. The fraction of sp³-hybridized carbons (Fsp3) is 0.312. The monoisotopic (exact) mass is 268 g/mol. The van der Waals surface area contributed by atoms with Crippen molar-refractivity contribution in [1.29, 1.82) is 0 Å². The second-order valence-corrected chi connectivity index (χ2v) is 4.87. The molecule has 1 aliphatic carbocycles. The molecular formula is C16H16N2O2. The van der Waals surface area contributed by atoms with Crippen LogP contribution in [0.1, 0.15) is 41.7 Å². The van der Waals surface area contributed by atoms with E-state index < -0.39 is 0 Å². The van der Waals surface area contributed by atoms with Crippen molar-refractivity contribution in [2.75, 3.05) is 6.61 Å². The summed E-state index contributed by atoms with van der Waals surface area (Å²) in [4.78, 5) is 20.7. The minimum atomic E-state index is -0.278. The van der Waals surface area contributed by atoms with Crippen molar-refractivity contribution < 1.29 is 9.53 Å². The molecule has 0 unspecified atom stereocenters. The third kappa shape index (κ3) is 2.54. The van der Waals surface area contributed by atoms with Crippen LogP contribution in [0.3, 0.4) is 0 Å². The van der Waals surface area contributed by atoms with Gasteiger partial charge in [-0.05, 0) is 44.0 Å². The van der Waals surface area contributed by atoms with Crippen LogP contribution in [0.15, 0.2) is 36.7 Å². The Balaban J connectivity index is 2.00. The van der Waals surface area contributed by atoms with Crippen molar-refractivity contribution in [2.24, 2.45) is 0 Å². The molecular weight excluding hydrogens is 252 g/mol. The second-order valence-electron chi connectivity index (χ2n) is 4.87. The van der Waals surface area contributed by atoms with E-state index in [1.807, 2.05) is 31.2 Å². The molecule has 0 bridgehead atoms. The fourth-order valence-corrected chi connectivity index (χ4v) is 2.20. The summed E-state index contributed by atoms with van der Waals surface area (Å²) in [5, 5.41) is 0. The number of carbonyl (C=O) groups is 1. The number of esters is 1. The van der Waals surface area contributed by atoms with E-state index in [0.29, 0.717) is 18.1 Å². The third-order valence-electron chi connectivity index (χ3n) is 3.34. The van der Waals surface area contributed by atoms with E-state index in [1.165, 1.54) is 0 Å². The Morgan fingerprint density at radius 2 is 2.20 bits per heavy atom. The van der Waals surface area contributed by atoms with Crippen LogP contribution in [-0.2, 0) is 4.74 Å². The highest BCUT2D eigenvalue weighted by Crippen LogP contribution is 2.41. The van der Waals surface area contributed by atoms with Gasteiger partial charge in [0.1, 0.15) is 0 Å². The molecule has 0 aromatic carbocycles. The van der Waals surface area contributed by atoms with Gasteiger partial charge in [-0.2, -0.15) is 0 Å². The molecule has 1 aliphatic rings. The zero-order valence-corrected chi connectivity index (χ0v) is 11.4. The van der Waals surface area contributed by atoms with E-state index in [-0.39, 0.29) is 5.97 Å². The summed E-state index contributed by atoms with van der Waals surface area (Å²) in [5.41, 5.74) is 3.28. The quantitative estimate of drug-likeness (QED) is 0.799. The van der Waals surface area contributed by atoms with Gasteiger partial charge in [0.25, 0.3) is 0 Å². The average molecular weight is 268 g/mol. The lowest BCUT2D eigenvalue weighted by molar-refractivity contribution is 0.0524. The maximum absolute atomic E-state index is 12.0. The van der Waals surface area contributed by atoms with Gasteiger partial charge in [-0.3, -0.25) is 9.97 Å². The Labute approximate surface area is 117 Å². The first-order valence-corrected chi connectivity index (χ1v) is 6.88. The van der Waals surface area contributed by atoms with Crippen LogP contribution >= 0.6 is 0 Å². The van der Waals surface area contributed by atoms with E-state index in [4.69, 9.17) is 4.74 Å². The highest BCUT2D eigenvalue weighted by molar-refractivity contribution is 5.91. The summed E-state index contributed by atoms with van der Waals surface area (Å²) in [6.07, 6.45) is 5.70. The van der Waals surface area contributed by atoms with Gasteiger partial charge in [0.15, 0.2) is 0 Å². The van der Waals surface area contributed by atoms with Crippen molar-refractivity contribution in [1.82, 2.24) is 9.97 Å².